The molecule has 0 unspecified atom stereocenters. The highest BCUT2D eigenvalue weighted by molar-refractivity contribution is 7.99. The lowest BCUT2D eigenvalue weighted by Crippen LogP contribution is -2.21. The van der Waals surface area contributed by atoms with Crippen molar-refractivity contribution in [1.82, 2.24) is 0 Å². The van der Waals surface area contributed by atoms with Gasteiger partial charge in [-0.3, -0.25) is 4.79 Å². The first-order chi connectivity index (χ1) is 11.8. The number of hydrogen-bond acceptors (Lipinski definition) is 3. The van der Waals surface area contributed by atoms with E-state index in [1.807, 2.05) is 0 Å². The minimum absolute atomic E-state index is 0.316. The van der Waals surface area contributed by atoms with Crippen LogP contribution < -0.4 is 10.1 Å². The number of alkyl halides is 5. The van der Waals surface area contributed by atoms with Gasteiger partial charge in [-0.25, -0.2) is 0 Å². The van der Waals surface area contributed by atoms with Gasteiger partial charge in [0.15, 0.2) is 6.61 Å². The number of benzene rings is 2. The van der Waals surface area contributed by atoms with Crippen LogP contribution in [-0.2, 0) is 11.0 Å². The van der Waals surface area contributed by atoms with E-state index in [9.17, 15) is 26.7 Å². The number of halogens is 5. The van der Waals surface area contributed by atoms with E-state index in [1.54, 1.807) is 0 Å². The van der Waals surface area contributed by atoms with Crippen molar-refractivity contribution in [1.29, 1.82) is 0 Å². The molecule has 2 aromatic rings. The van der Waals surface area contributed by atoms with Gasteiger partial charge in [0, 0.05) is 10.6 Å². The van der Waals surface area contributed by atoms with Gasteiger partial charge >= 0.3 is 6.18 Å². The maximum atomic E-state index is 12.8. The highest BCUT2D eigenvalue weighted by Crippen LogP contribution is 2.35. The Morgan fingerprint density at radius 1 is 1.08 bits per heavy atom. The number of ether oxygens (including phenoxy) is 1. The molecular formula is C16H12F5NO2S. The lowest BCUT2D eigenvalue weighted by Gasteiger charge is -2.13. The zero-order valence-corrected chi connectivity index (χ0v) is 13.3. The Morgan fingerprint density at radius 2 is 1.72 bits per heavy atom. The number of carbonyl (C=O) groups excluding carboxylic acids is 1. The standard InChI is InChI=1S/C16H12F5NO2S/c17-15(18)25-11-7-5-10(6-8-11)22-14(23)9-24-13-4-2-1-3-12(13)16(19,20)21/h1-8,15H,9H2,(H,22,23). The summed E-state index contributed by atoms with van der Waals surface area (Å²) in [6.07, 6.45) is -4.59. The van der Waals surface area contributed by atoms with E-state index in [-0.39, 0.29) is 0 Å². The molecule has 2 rings (SSSR count). The maximum absolute atomic E-state index is 12.8. The van der Waals surface area contributed by atoms with Crippen molar-refractivity contribution in [3.63, 3.8) is 0 Å². The van der Waals surface area contributed by atoms with Crippen LogP contribution in [0, 0.1) is 0 Å². The molecule has 1 N–H and O–H groups in total. The molecule has 25 heavy (non-hydrogen) atoms. The Balaban J connectivity index is 1.93. The van der Waals surface area contributed by atoms with Crippen molar-refractivity contribution in [3.05, 3.63) is 54.1 Å². The Kier molecular flexibility index (Phi) is 6.24. The van der Waals surface area contributed by atoms with E-state index in [4.69, 9.17) is 4.74 Å². The number of amides is 1. The molecular weight excluding hydrogens is 365 g/mol. The molecule has 9 heteroatoms. The van der Waals surface area contributed by atoms with Crippen LogP contribution in [0.15, 0.2) is 53.4 Å². The molecule has 0 radical (unpaired) electrons. The normalized spacial score (nSPS) is 11.4. The van der Waals surface area contributed by atoms with Gasteiger partial charge in [0.2, 0.25) is 0 Å². The molecule has 2 aromatic carbocycles. The fraction of sp³-hybridized carbons (Fsp3) is 0.188. The zero-order valence-electron chi connectivity index (χ0n) is 12.5. The lowest BCUT2D eigenvalue weighted by atomic mass is 10.2. The number of rotatable bonds is 6. The molecule has 3 nitrogen and oxygen atoms in total. The largest absolute Gasteiger partial charge is 0.483 e. The third-order valence-corrected chi connectivity index (χ3v) is 3.64. The molecule has 0 aliphatic carbocycles. The number of nitrogens with one attached hydrogen (secondary N) is 1. The molecule has 0 aliphatic rings. The first kappa shape index (κ1) is 19.0. The lowest BCUT2D eigenvalue weighted by molar-refractivity contribution is -0.139. The predicted molar refractivity (Wildman–Crippen MR) is 83.9 cm³/mol. The third-order valence-electron chi connectivity index (χ3n) is 2.91. The summed E-state index contributed by atoms with van der Waals surface area (Å²) in [4.78, 5) is 12.1. The van der Waals surface area contributed by atoms with Crippen molar-refractivity contribution in [3.8, 4) is 5.75 Å². The summed E-state index contributed by atoms with van der Waals surface area (Å²) >= 11 is 0.360. The van der Waals surface area contributed by atoms with E-state index >= 15 is 0 Å². The van der Waals surface area contributed by atoms with E-state index in [1.165, 1.54) is 36.4 Å². The Labute approximate surface area is 144 Å². The Morgan fingerprint density at radius 3 is 2.32 bits per heavy atom. The molecule has 0 heterocycles. The summed E-state index contributed by atoms with van der Waals surface area (Å²) in [5, 5.41) is 2.41. The predicted octanol–water partition coefficient (Wildman–Crippen LogP) is 5.04. The molecule has 134 valence electrons. The van der Waals surface area contributed by atoms with Gasteiger partial charge in [0.05, 0.1) is 5.56 Å². The molecule has 0 aromatic heterocycles. The van der Waals surface area contributed by atoms with Gasteiger partial charge in [-0.15, -0.1) is 0 Å². The van der Waals surface area contributed by atoms with Crippen LogP contribution in [0.25, 0.3) is 0 Å². The summed E-state index contributed by atoms with van der Waals surface area (Å²) in [5.74, 6) is -3.68. The van der Waals surface area contributed by atoms with Gasteiger partial charge in [-0.2, -0.15) is 22.0 Å². The SMILES string of the molecule is O=C(COc1ccccc1C(F)(F)F)Nc1ccc(SC(F)F)cc1. The summed E-state index contributed by atoms with van der Waals surface area (Å²) in [6.45, 7) is -0.624. The fourth-order valence-corrected chi connectivity index (χ4v) is 2.39. The summed E-state index contributed by atoms with van der Waals surface area (Å²) in [6, 6.07) is 10.2. The number of para-hydroxylation sites is 1. The van der Waals surface area contributed by atoms with Crippen molar-refractivity contribution in [2.75, 3.05) is 11.9 Å². The fourth-order valence-electron chi connectivity index (χ4n) is 1.89. The maximum Gasteiger partial charge on any atom is 0.419 e. The third kappa shape index (κ3) is 5.93. The van der Waals surface area contributed by atoms with E-state index in [0.717, 1.165) is 12.1 Å². The van der Waals surface area contributed by atoms with Gasteiger partial charge in [0.1, 0.15) is 5.75 Å². The summed E-state index contributed by atoms with van der Waals surface area (Å²) in [5.41, 5.74) is -0.660. The second-order valence-corrected chi connectivity index (χ2v) is 5.80. The minimum atomic E-state index is -4.59. The Bertz CT molecular complexity index is 719. The van der Waals surface area contributed by atoms with Crippen molar-refractivity contribution in [2.45, 2.75) is 16.8 Å². The molecule has 0 saturated carbocycles. The molecule has 1 amide bonds. The topological polar surface area (TPSA) is 38.3 Å². The van der Waals surface area contributed by atoms with Crippen LogP contribution in [0.4, 0.5) is 27.6 Å². The molecule has 0 bridgehead atoms. The summed E-state index contributed by atoms with van der Waals surface area (Å²) in [7, 11) is 0. The van der Waals surface area contributed by atoms with Crippen LogP contribution in [0.3, 0.4) is 0 Å². The van der Waals surface area contributed by atoms with Gasteiger partial charge < -0.3 is 10.1 Å². The minimum Gasteiger partial charge on any atom is -0.483 e. The second kappa shape index (κ2) is 8.19. The van der Waals surface area contributed by atoms with Gasteiger partial charge in [0.25, 0.3) is 11.7 Å². The monoisotopic (exact) mass is 377 g/mol. The summed E-state index contributed by atoms with van der Waals surface area (Å²) < 4.78 is 67.8. The van der Waals surface area contributed by atoms with Gasteiger partial charge in [-0.05, 0) is 36.4 Å². The van der Waals surface area contributed by atoms with E-state index in [2.05, 4.69) is 5.32 Å². The number of thioether (sulfide) groups is 1. The van der Waals surface area contributed by atoms with E-state index in [0.29, 0.717) is 22.3 Å². The van der Waals surface area contributed by atoms with Gasteiger partial charge in [-0.1, -0.05) is 23.9 Å². The number of carbonyl (C=O) groups is 1. The van der Waals surface area contributed by atoms with Crippen molar-refractivity contribution < 1.29 is 31.5 Å². The quantitative estimate of drug-likeness (QED) is 0.566. The molecule has 0 spiro atoms. The van der Waals surface area contributed by atoms with Crippen LogP contribution in [0.5, 0.6) is 5.75 Å². The van der Waals surface area contributed by atoms with E-state index < -0.39 is 35.8 Å². The molecule has 0 atom stereocenters. The highest BCUT2D eigenvalue weighted by atomic mass is 32.2. The zero-order chi connectivity index (χ0) is 18.4. The first-order valence-electron chi connectivity index (χ1n) is 6.89. The first-order valence-corrected chi connectivity index (χ1v) is 7.77. The average Bonchev–Trinajstić information content (AvgIpc) is 2.54. The van der Waals surface area contributed by atoms with Crippen LogP contribution in [0.1, 0.15) is 5.56 Å². The molecule has 0 aliphatic heterocycles. The smallest absolute Gasteiger partial charge is 0.419 e. The molecule has 0 saturated heterocycles. The Hall–Kier alpha value is -2.29. The van der Waals surface area contributed by atoms with Crippen LogP contribution in [-0.4, -0.2) is 18.3 Å². The average molecular weight is 377 g/mol. The van der Waals surface area contributed by atoms with Crippen molar-refractivity contribution in [2.24, 2.45) is 0 Å². The second-order valence-electron chi connectivity index (χ2n) is 4.73. The van der Waals surface area contributed by atoms with Crippen LogP contribution >= 0.6 is 11.8 Å². The highest BCUT2D eigenvalue weighted by Gasteiger charge is 2.34. The van der Waals surface area contributed by atoms with Crippen molar-refractivity contribution >= 4 is 23.4 Å². The van der Waals surface area contributed by atoms with Crippen LogP contribution in [0.2, 0.25) is 0 Å². The number of anilines is 1. The molecule has 0 fully saturated rings. The number of hydrogen-bond donors (Lipinski definition) is 1.